The molecule has 0 aromatic carbocycles. The Bertz CT molecular complexity index is 656. The van der Waals surface area contributed by atoms with Crippen molar-refractivity contribution in [3.05, 3.63) is 17.3 Å². The van der Waals surface area contributed by atoms with Gasteiger partial charge in [0.25, 0.3) is 0 Å². The lowest BCUT2D eigenvalue weighted by atomic mass is 10.3. The topological polar surface area (TPSA) is 61.4 Å². The highest BCUT2D eigenvalue weighted by Crippen LogP contribution is 2.25. The molecule has 1 fully saturated rings. The van der Waals surface area contributed by atoms with Crippen LogP contribution in [0.3, 0.4) is 0 Å². The molecule has 3 rings (SSSR count). The van der Waals surface area contributed by atoms with Crippen LogP contribution in [0.2, 0.25) is 0 Å². The number of nitrogens with one attached hydrogen (secondary N) is 1. The highest BCUT2D eigenvalue weighted by Gasteiger charge is 2.20. The van der Waals surface area contributed by atoms with Gasteiger partial charge >= 0.3 is 0 Å². The van der Waals surface area contributed by atoms with Crippen molar-refractivity contribution in [2.24, 2.45) is 0 Å². The third-order valence-corrected chi connectivity index (χ3v) is 4.53. The standard InChI is InChI=1S/C14H19N5OS/c1-15-13-10-4-7-21-14(10)17-11(16-13)8-19-6-3-5-18(2)12(20)9-19/h4,7H,3,5-6,8-9H2,1-2H3,(H,15,16,17). The number of carbonyl (C=O) groups is 1. The molecule has 1 aliphatic rings. The first kappa shape index (κ1) is 14.2. The van der Waals surface area contributed by atoms with Gasteiger partial charge in [0.2, 0.25) is 5.91 Å². The quantitative estimate of drug-likeness (QED) is 0.929. The Morgan fingerprint density at radius 2 is 2.24 bits per heavy atom. The van der Waals surface area contributed by atoms with Gasteiger partial charge in [0, 0.05) is 27.2 Å². The van der Waals surface area contributed by atoms with Gasteiger partial charge in [-0.25, -0.2) is 9.97 Å². The zero-order valence-electron chi connectivity index (χ0n) is 12.3. The Hall–Kier alpha value is -1.73. The first-order chi connectivity index (χ1) is 10.2. The van der Waals surface area contributed by atoms with E-state index in [-0.39, 0.29) is 5.91 Å². The van der Waals surface area contributed by atoms with Crippen LogP contribution in [0.1, 0.15) is 12.2 Å². The highest BCUT2D eigenvalue weighted by atomic mass is 32.1. The summed E-state index contributed by atoms with van der Waals surface area (Å²) in [6.07, 6.45) is 0.988. The largest absolute Gasteiger partial charge is 0.372 e. The summed E-state index contributed by atoms with van der Waals surface area (Å²) < 4.78 is 0. The SMILES string of the molecule is CNc1nc(CN2CCCN(C)C(=O)C2)nc2sccc12. The number of nitrogens with zero attached hydrogens (tertiary/aromatic N) is 4. The van der Waals surface area contributed by atoms with E-state index in [9.17, 15) is 4.79 Å². The van der Waals surface area contributed by atoms with E-state index in [4.69, 9.17) is 0 Å². The van der Waals surface area contributed by atoms with Crippen molar-refractivity contribution in [1.82, 2.24) is 19.8 Å². The molecule has 1 amide bonds. The first-order valence-corrected chi connectivity index (χ1v) is 7.93. The van der Waals surface area contributed by atoms with E-state index in [2.05, 4.69) is 20.2 Å². The van der Waals surface area contributed by atoms with Gasteiger partial charge in [-0.3, -0.25) is 9.69 Å². The van der Waals surface area contributed by atoms with Gasteiger partial charge in [-0.15, -0.1) is 11.3 Å². The van der Waals surface area contributed by atoms with E-state index in [1.807, 2.05) is 25.5 Å². The van der Waals surface area contributed by atoms with Crippen LogP contribution in [-0.4, -0.2) is 59.4 Å². The summed E-state index contributed by atoms with van der Waals surface area (Å²) in [6, 6.07) is 2.03. The van der Waals surface area contributed by atoms with E-state index in [0.29, 0.717) is 13.1 Å². The summed E-state index contributed by atoms with van der Waals surface area (Å²) in [5, 5.41) is 6.20. The normalized spacial score (nSPS) is 17.2. The molecule has 0 spiro atoms. The molecule has 2 aromatic heterocycles. The Labute approximate surface area is 127 Å². The molecule has 0 bridgehead atoms. The summed E-state index contributed by atoms with van der Waals surface area (Å²) in [6.45, 7) is 2.78. The van der Waals surface area contributed by atoms with Crippen molar-refractivity contribution < 1.29 is 4.79 Å². The Morgan fingerprint density at radius 1 is 1.38 bits per heavy atom. The monoisotopic (exact) mass is 305 g/mol. The molecule has 0 radical (unpaired) electrons. The maximum Gasteiger partial charge on any atom is 0.236 e. The van der Waals surface area contributed by atoms with Gasteiger partial charge in [0.05, 0.1) is 18.5 Å². The van der Waals surface area contributed by atoms with Crippen molar-refractivity contribution in [2.75, 3.05) is 39.0 Å². The second kappa shape index (κ2) is 5.95. The van der Waals surface area contributed by atoms with Gasteiger partial charge < -0.3 is 10.2 Å². The number of thiophene rings is 1. The van der Waals surface area contributed by atoms with Crippen molar-refractivity contribution in [1.29, 1.82) is 0 Å². The van der Waals surface area contributed by atoms with Crippen LogP contribution in [-0.2, 0) is 11.3 Å². The molecule has 7 heteroatoms. The average Bonchev–Trinajstić information content (AvgIpc) is 2.88. The highest BCUT2D eigenvalue weighted by molar-refractivity contribution is 7.16. The van der Waals surface area contributed by atoms with Gasteiger partial charge in [-0.1, -0.05) is 0 Å². The third-order valence-electron chi connectivity index (χ3n) is 3.73. The third kappa shape index (κ3) is 2.98. The van der Waals surface area contributed by atoms with Crippen LogP contribution in [0.15, 0.2) is 11.4 Å². The minimum atomic E-state index is 0.165. The van der Waals surface area contributed by atoms with Crippen molar-refractivity contribution in [3.8, 4) is 0 Å². The number of hydrogen-bond acceptors (Lipinski definition) is 6. The maximum atomic E-state index is 11.9. The number of fused-ring (bicyclic) bond motifs is 1. The number of likely N-dealkylation sites (N-methyl/N-ethyl adjacent to an activating group) is 1. The summed E-state index contributed by atoms with van der Waals surface area (Å²) in [5.41, 5.74) is 0. The number of amides is 1. The van der Waals surface area contributed by atoms with Crippen molar-refractivity contribution in [2.45, 2.75) is 13.0 Å². The van der Waals surface area contributed by atoms with Crippen LogP contribution in [0.4, 0.5) is 5.82 Å². The van der Waals surface area contributed by atoms with Crippen molar-refractivity contribution in [3.63, 3.8) is 0 Å². The number of carbonyl (C=O) groups excluding carboxylic acids is 1. The molecule has 1 aliphatic heterocycles. The lowest BCUT2D eigenvalue weighted by Crippen LogP contribution is -2.34. The van der Waals surface area contributed by atoms with E-state index in [1.54, 1.807) is 16.2 Å². The molecular formula is C14H19N5OS. The molecule has 1 saturated heterocycles. The average molecular weight is 305 g/mol. The molecule has 6 nitrogen and oxygen atoms in total. The molecular weight excluding hydrogens is 286 g/mol. The fourth-order valence-electron chi connectivity index (χ4n) is 2.54. The first-order valence-electron chi connectivity index (χ1n) is 7.05. The zero-order chi connectivity index (χ0) is 14.8. The molecule has 21 heavy (non-hydrogen) atoms. The molecule has 2 aromatic rings. The minimum absolute atomic E-state index is 0.165. The fraction of sp³-hybridized carbons (Fsp3) is 0.500. The number of anilines is 1. The smallest absolute Gasteiger partial charge is 0.236 e. The zero-order valence-corrected chi connectivity index (χ0v) is 13.1. The van der Waals surface area contributed by atoms with Crippen molar-refractivity contribution >= 4 is 33.3 Å². The fourth-order valence-corrected chi connectivity index (χ4v) is 3.33. The molecule has 112 valence electrons. The Balaban J connectivity index is 1.82. The predicted molar refractivity (Wildman–Crippen MR) is 84.5 cm³/mol. The molecule has 0 atom stereocenters. The summed E-state index contributed by atoms with van der Waals surface area (Å²) in [5.74, 6) is 1.79. The lowest BCUT2D eigenvalue weighted by Gasteiger charge is -2.18. The lowest BCUT2D eigenvalue weighted by molar-refractivity contribution is -0.130. The molecule has 0 unspecified atom stereocenters. The van der Waals surface area contributed by atoms with Crippen LogP contribution in [0.25, 0.3) is 10.2 Å². The van der Waals surface area contributed by atoms with E-state index >= 15 is 0 Å². The summed E-state index contributed by atoms with van der Waals surface area (Å²) >= 11 is 1.61. The molecule has 3 heterocycles. The minimum Gasteiger partial charge on any atom is -0.372 e. The van der Waals surface area contributed by atoms with Crippen LogP contribution in [0.5, 0.6) is 0 Å². The Kier molecular flexibility index (Phi) is 4.03. The Morgan fingerprint density at radius 3 is 3.05 bits per heavy atom. The van der Waals surface area contributed by atoms with Gasteiger partial charge in [0.15, 0.2) is 0 Å². The van der Waals surface area contributed by atoms with E-state index in [0.717, 1.165) is 41.4 Å². The molecule has 1 N–H and O–H groups in total. The molecule has 0 aliphatic carbocycles. The van der Waals surface area contributed by atoms with Gasteiger partial charge in [-0.2, -0.15) is 0 Å². The van der Waals surface area contributed by atoms with E-state index < -0.39 is 0 Å². The molecule has 0 saturated carbocycles. The van der Waals surface area contributed by atoms with Crippen LogP contribution in [0, 0.1) is 0 Å². The summed E-state index contributed by atoms with van der Waals surface area (Å²) in [7, 11) is 3.73. The summed E-state index contributed by atoms with van der Waals surface area (Å²) in [4.78, 5) is 26.0. The van der Waals surface area contributed by atoms with E-state index in [1.165, 1.54) is 0 Å². The predicted octanol–water partition coefficient (Wildman–Crippen LogP) is 1.40. The number of rotatable bonds is 3. The van der Waals surface area contributed by atoms with Gasteiger partial charge in [0.1, 0.15) is 16.5 Å². The number of aromatic nitrogens is 2. The van der Waals surface area contributed by atoms with Crippen LogP contribution < -0.4 is 5.32 Å². The number of hydrogen-bond donors (Lipinski definition) is 1. The van der Waals surface area contributed by atoms with Crippen LogP contribution >= 0.6 is 11.3 Å². The second-order valence-corrected chi connectivity index (χ2v) is 6.15. The van der Waals surface area contributed by atoms with Gasteiger partial charge in [-0.05, 0) is 17.9 Å². The maximum absolute atomic E-state index is 11.9. The second-order valence-electron chi connectivity index (χ2n) is 5.26.